The molecule has 0 aliphatic carbocycles. The molecule has 34 heavy (non-hydrogen) atoms. The second-order valence-electron chi connectivity index (χ2n) is 9.20. The third-order valence-corrected chi connectivity index (χ3v) is 6.19. The van der Waals surface area contributed by atoms with E-state index in [4.69, 9.17) is 27.6 Å². The van der Waals surface area contributed by atoms with Crippen LogP contribution in [0.3, 0.4) is 0 Å². The van der Waals surface area contributed by atoms with Crippen molar-refractivity contribution in [2.24, 2.45) is 5.10 Å². The fraction of sp³-hybridized carbons (Fsp3) is 0.143. The van der Waals surface area contributed by atoms with E-state index in [9.17, 15) is 0 Å². The molecular weight excluding hydrogens is 465 g/mol. The van der Waals surface area contributed by atoms with Gasteiger partial charge in [0.25, 0.3) is 0 Å². The maximum absolute atomic E-state index is 6.51. The third-order valence-electron chi connectivity index (χ3n) is 5.69. The van der Waals surface area contributed by atoms with Crippen molar-refractivity contribution < 1.29 is 4.42 Å². The summed E-state index contributed by atoms with van der Waals surface area (Å²) in [5.74, 6) is 1.29. The highest BCUT2D eigenvalue weighted by Crippen LogP contribution is 2.31. The number of hydrogen-bond donors (Lipinski definition) is 1. The van der Waals surface area contributed by atoms with E-state index < -0.39 is 0 Å². The van der Waals surface area contributed by atoms with Gasteiger partial charge in [-0.05, 0) is 41.3 Å². The van der Waals surface area contributed by atoms with Crippen LogP contribution in [0, 0.1) is 0 Å². The lowest BCUT2D eigenvalue weighted by Gasteiger charge is -2.19. The molecular formula is C28H23Cl2N3O. The quantitative estimate of drug-likeness (QED) is 0.261. The summed E-state index contributed by atoms with van der Waals surface area (Å²) in [6.07, 6.45) is 0. The molecule has 0 aliphatic heterocycles. The molecule has 5 rings (SSSR count). The molecule has 0 saturated heterocycles. The van der Waals surface area contributed by atoms with Gasteiger partial charge in [0.2, 0.25) is 0 Å². The predicted octanol–water partition coefficient (Wildman–Crippen LogP) is 8.18. The first-order chi connectivity index (χ1) is 16.3. The Morgan fingerprint density at radius 3 is 2.41 bits per heavy atom. The molecule has 6 heteroatoms. The molecule has 0 saturated carbocycles. The largest absolute Gasteiger partial charge is 0.454 e. The molecule has 5 aromatic rings. The maximum atomic E-state index is 6.51. The van der Waals surface area contributed by atoms with Crippen LogP contribution >= 0.6 is 23.2 Å². The van der Waals surface area contributed by atoms with Crippen LogP contribution in [-0.4, -0.2) is 4.98 Å². The van der Waals surface area contributed by atoms with Crippen LogP contribution in [0.4, 0.5) is 5.82 Å². The minimum Gasteiger partial charge on any atom is -0.454 e. The van der Waals surface area contributed by atoms with Gasteiger partial charge in [-0.3, -0.25) is 5.43 Å². The van der Waals surface area contributed by atoms with Crippen molar-refractivity contribution in [2.45, 2.75) is 26.2 Å². The maximum Gasteiger partial charge on any atom is 0.155 e. The van der Waals surface area contributed by atoms with Gasteiger partial charge in [-0.15, -0.1) is 0 Å². The summed E-state index contributed by atoms with van der Waals surface area (Å²) in [6, 6.07) is 25.5. The van der Waals surface area contributed by atoms with Crippen LogP contribution in [0.15, 0.2) is 88.4 Å². The van der Waals surface area contributed by atoms with Crippen LogP contribution in [-0.2, 0) is 5.41 Å². The van der Waals surface area contributed by atoms with Crippen molar-refractivity contribution in [3.05, 3.63) is 99.8 Å². The van der Waals surface area contributed by atoms with Gasteiger partial charge < -0.3 is 4.42 Å². The average Bonchev–Trinajstić information content (AvgIpc) is 2.82. The van der Waals surface area contributed by atoms with Crippen LogP contribution < -0.4 is 10.8 Å². The Labute approximate surface area is 207 Å². The van der Waals surface area contributed by atoms with E-state index in [1.807, 2.05) is 42.5 Å². The van der Waals surface area contributed by atoms with Crippen LogP contribution in [0.5, 0.6) is 0 Å². The molecule has 2 heterocycles. The first-order valence-electron chi connectivity index (χ1n) is 11.0. The number of para-hydroxylation sites is 1. The number of nitrogens with zero attached hydrogens (tertiary/aromatic N) is 2. The van der Waals surface area contributed by atoms with E-state index in [1.54, 1.807) is 12.1 Å². The van der Waals surface area contributed by atoms with Gasteiger partial charge >= 0.3 is 0 Å². The highest BCUT2D eigenvalue weighted by Gasteiger charge is 2.15. The Hall–Kier alpha value is -3.34. The summed E-state index contributed by atoms with van der Waals surface area (Å²) in [7, 11) is 0. The van der Waals surface area contributed by atoms with Gasteiger partial charge in [-0.1, -0.05) is 86.4 Å². The summed E-state index contributed by atoms with van der Waals surface area (Å²) < 4.78 is 6.22. The van der Waals surface area contributed by atoms with Crippen LogP contribution in [0.1, 0.15) is 26.3 Å². The molecule has 3 aromatic carbocycles. The Kier molecular flexibility index (Phi) is 5.80. The zero-order chi connectivity index (χ0) is 23.9. The smallest absolute Gasteiger partial charge is 0.155 e. The number of pyridine rings is 1. The third kappa shape index (κ3) is 4.52. The first-order valence-corrected chi connectivity index (χ1v) is 11.7. The molecule has 0 amide bonds. The molecule has 0 fully saturated rings. The van der Waals surface area contributed by atoms with E-state index in [0.717, 1.165) is 16.5 Å². The molecule has 0 atom stereocenters. The molecule has 0 aliphatic rings. The number of fused-ring (bicyclic) bond motifs is 2. The second-order valence-corrected chi connectivity index (χ2v) is 10.0. The Bertz CT molecular complexity index is 1580. The van der Waals surface area contributed by atoms with E-state index in [2.05, 4.69) is 60.5 Å². The highest BCUT2D eigenvalue weighted by molar-refractivity contribution is 6.38. The summed E-state index contributed by atoms with van der Waals surface area (Å²) in [5.41, 5.74) is 6.74. The fourth-order valence-electron chi connectivity index (χ4n) is 3.81. The van der Waals surface area contributed by atoms with Crippen molar-refractivity contribution in [2.75, 3.05) is 5.43 Å². The Balaban J connectivity index is 1.63. The minimum atomic E-state index is 0.0659. The van der Waals surface area contributed by atoms with E-state index in [-0.39, 0.29) is 5.41 Å². The molecule has 0 unspecified atom stereocenters. The molecule has 170 valence electrons. The lowest BCUT2D eigenvalue weighted by atomic mass is 9.86. The molecule has 1 N–H and O–H groups in total. The fourth-order valence-corrected chi connectivity index (χ4v) is 4.34. The minimum absolute atomic E-state index is 0.0659. The molecule has 0 radical (unpaired) electrons. The summed E-state index contributed by atoms with van der Waals surface area (Å²) in [5, 5.41) is 8.01. The van der Waals surface area contributed by atoms with Gasteiger partial charge in [0.15, 0.2) is 5.58 Å². The topological polar surface area (TPSA) is 50.4 Å². The summed E-state index contributed by atoms with van der Waals surface area (Å²) in [4.78, 5) is 4.64. The van der Waals surface area contributed by atoms with Gasteiger partial charge in [-0.25, -0.2) is 4.98 Å². The number of halogens is 2. The first kappa shape index (κ1) is 22.5. The SMILES string of the molecule is CC(C)(C)c1ccc(-c2cc(=NNc3ccc4ccccc4n3)c3cc(Cl)cc(Cl)c3o2)cc1. The molecule has 0 spiro atoms. The molecule has 4 nitrogen and oxygen atoms in total. The number of rotatable bonds is 3. The lowest BCUT2D eigenvalue weighted by molar-refractivity contribution is 0.589. The lowest BCUT2D eigenvalue weighted by Crippen LogP contribution is -2.10. The number of nitrogens with one attached hydrogen (secondary N) is 1. The van der Waals surface area contributed by atoms with Crippen molar-refractivity contribution in [3.63, 3.8) is 0 Å². The zero-order valence-electron chi connectivity index (χ0n) is 19.1. The van der Waals surface area contributed by atoms with E-state index in [1.165, 1.54) is 5.56 Å². The highest BCUT2D eigenvalue weighted by atomic mass is 35.5. The molecule has 0 bridgehead atoms. The van der Waals surface area contributed by atoms with Crippen molar-refractivity contribution in [3.8, 4) is 11.3 Å². The number of anilines is 1. The van der Waals surface area contributed by atoms with Gasteiger partial charge in [0.1, 0.15) is 11.6 Å². The van der Waals surface area contributed by atoms with Crippen LogP contribution in [0.2, 0.25) is 10.0 Å². The summed E-state index contributed by atoms with van der Waals surface area (Å²) in [6.45, 7) is 6.57. The molecule has 2 aromatic heterocycles. The van der Waals surface area contributed by atoms with Gasteiger partial charge in [0, 0.05) is 27.4 Å². The Morgan fingerprint density at radius 1 is 0.882 bits per heavy atom. The van der Waals surface area contributed by atoms with Gasteiger partial charge in [0.05, 0.1) is 15.9 Å². The monoisotopic (exact) mass is 487 g/mol. The van der Waals surface area contributed by atoms with Crippen molar-refractivity contribution >= 4 is 50.9 Å². The van der Waals surface area contributed by atoms with Gasteiger partial charge in [-0.2, -0.15) is 5.10 Å². The van der Waals surface area contributed by atoms with E-state index >= 15 is 0 Å². The predicted molar refractivity (Wildman–Crippen MR) is 141 cm³/mol. The number of aromatic nitrogens is 1. The standard InChI is InChI=1S/C28H23Cl2N3O/c1-28(2,3)19-11-8-18(9-12-19)25-16-24(21-14-20(29)15-22(30)27(21)34-25)32-33-26-13-10-17-6-4-5-7-23(17)31-26/h4-16H,1-3H3,(H,31,33). The normalized spacial score (nSPS) is 12.4. The van der Waals surface area contributed by atoms with E-state index in [0.29, 0.717) is 37.9 Å². The van der Waals surface area contributed by atoms with Crippen molar-refractivity contribution in [1.82, 2.24) is 4.98 Å². The average molecular weight is 488 g/mol. The van der Waals surface area contributed by atoms with Crippen LogP contribution in [0.25, 0.3) is 33.2 Å². The zero-order valence-corrected chi connectivity index (χ0v) is 20.6. The summed E-state index contributed by atoms with van der Waals surface area (Å²) >= 11 is 12.8. The number of benzene rings is 3. The Morgan fingerprint density at radius 2 is 1.65 bits per heavy atom. The number of hydrogen-bond acceptors (Lipinski definition) is 4. The van der Waals surface area contributed by atoms with Crippen molar-refractivity contribution in [1.29, 1.82) is 0 Å². The second kappa shape index (κ2) is 8.79.